The Bertz CT molecular complexity index is 765. The molecule has 0 atom stereocenters. The lowest BCUT2D eigenvalue weighted by Gasteiger charge is -2.10. The van der Waals surface area contributed by atoms with E-state index < -0.39 is 0 Å². The number of ether oxygens (including phenoxy) is 1. The molecule has 0 saturated heterocycles. The summed E-state index contributed by atoms with van der Waals surface area (Å²) in [5.41, 5.74) is 1.39. The van der Waals surface area contributed by atoms with Crippen LogP contribution in [0.2, 0.25) is 0 Å². The van der Waals surface area contributed by atoms with Gasteiger partial charge in [0.05, 0.1) is 7.11 Å². The monoisotopic (exact) mass is 336 g/mol. The van der Waals surface area contributed by atoms with Crippen LogP contribution in [-0.2, 0) is 4.79 Å². The second kappa shape index (κ2) is 9.08. The van der Waals surface area contributed by atoms with Crippen LogP contribution in [0.15, 0.2) is 72.9 Å². The van der Waals surface area contributed by atoms with E-state index in [1.165, 1.54) is 0 Å². The Kier molecular flexibility index (Phi) is 6.54. The van der Waals surface area contributed by atoms with Crippen molar-refractivity contribution in [1.82, 2.24) is 10.6 Å². The minimum absolute atomic E-state index is 0.161. The van der Waals surface area contributed by atoms with Crippen LogP contribution in [-0.4, -0.2) is 25.5 Å². The van der Waals surface area contributed by atoms with Gasteiger partial charge in [-0.15, -0.1) is 6.58 Å². The molecule has 0 aliphatic rings. The summed E-state index contributed by atoms with van der Waals surface area (Å²) in [6.07, 6.45) is 3.20. The van der Waals surface area contributed by atoms with Crippen LogP contribution in [0.5, 0.6) is 5.75 Å². The molecule has 5 nitrogen and oxygen atoms in total. The van der Waals surface area contributed by atoms with Crippen molar-refractivity contribution in [2.75, 3.05) is 13.7 Å². The fraction of sp³-hybridized carbons (Fsp3) is 0.100. The van der Waals surface area contributed by atoms with Gasteiger partial charge in [-0.3, -0.25) is 9.59 Å². The van der Waals surface area contributed by atoms with Crippen molar-refractivity contribution in [3.63, 3.8) is 0 Å². The third-order valence-corrected chi connectivity index (χ3v) is 3.36. The predicted octanol–water partition coefficient (Wildman–Crippen LogP) is 2.77. The Morgan fingerprint density at radius 2 is 1.76 bits per heavy atom. The number of amides is 2. The first-order valence-electron chi connectivity index (χ1n) is 7.75. The third kappa shape index (κ3) is 5.35. The standard InChI is InChI=1S/C20H20N2O3/c1-3-13-21-20(24)18(14-15-7-5-4-6-8-15)22-19(23)16-9-11-17(25-2)12-10-16/h3-12,14H,1,13H2,2H3,(H,21,24)(H,22,23)/b18-14-. The molecule has 0 unspecified atom stereocenters. The minimum atomic E-state index is -0.384. The molecule has 0 spiro atoms. The predicted molar refractivity (Wildman–Crippen MR) is 98.1 cm³/mol. The highest BCUT2D eigenvalue weighted by Gasteiger charge is 2.14. The van der Waals surface area contributed by atoms with Gasteiger partial charge in [-0.2, -0.15) is 0 Å². The number of hydrogen-bond acceptors (Lipinski definition) is 3. The van der Waals surface area contributed by atoms with Crippen molar-refractivity contribution in [1.29, 1.82) is 0 Å². The van der Waals surface area contributed by atoms with Crippen LogP contribution in [0.1, 0.15) is 15.9 Å². The summed E-state index contributed by atoms with van der Waals surface area (Å²) in [5, 5.41) is 5.33. The molecule has 5 heteroatoms. The molecule has 0 aromatic heterocycles. The summed E-state index contributed by atoms with van der Waals surface area (Å²) in [6, 6.07) is 15.9. The SMILES string of the molecule is C=CCNC(=O)/C(=C/c1ccccc1)NC(=O)c1ccc(OC)cc1. The first kappa shape index (κ1) is 18.0. The molecule has 0 aliphatic heterocycles. The maximum Gasteiger partial charge on any atom is 0.268 e. The second-order valence-corrected chi connectivity index (χ2v) is 5.15. The zero-order valence-electron chi connectivity index (χ0n) is 14.0. The van der Waals surface area contributed by atoms with Gasteiger partial charge in [0.1, 0.15) is 11.4 Å². The van der Waals surface area contributed by atoms with Crippen molar-refractivity contribution in [3.8, 4) is 5.75 Å². The number of nitrogens with one attached hydrogen (secondary N) is 2. The van der Waals surface area contributed by atoms with Gasteiger partial charge < -0.3 is 15.4 Å². The van der Waals surface area contributed by atoms with Crippen LogP contribution in [0.25, 0.3) is 6.08 Å². The van der Waals surface area contributed by atoms with E-state index in [-0.39, 0.29) is 17.5 Å². The maximum absolute atomic E-state index is 12.4. The summed E-state index contributed by atoms with van der Waals surface area (Å²) in [6.45, 7) is 3.88. The van der Waals surface area contributed by atoms with Gasteiger partial charge in [0, 0.05) is 12.1 Å². The molecule has 2 aromatic rings. The highest BCUT2D eigenvalue weighted by atomic mass is 16.5. The second-order valence-electron chi connectivity index (χ2n) is 5.15. The molecular weight excluding hydrogens is 316 g/mol. The van der Waals surface area contributed by atoms with Crippen molar-refractivity contribution in [3.05, 3.63) is 84.1 Å². The van der Waals surface area contributed by atoms with Crippen LogP contribution >= 0.6 is 0 Å². The van der Waals surface area contributed by atoms with Gasteiger partial charge in [-0.05, 0) is 35.9 Å². The molecule has 0 radical (unpaired) electrons. The molecule has 0 heterocycles. The fourth-order valence-corrected chi connectivity index (χ4v) is 2.07. The molecule has 128 valence electrons. The van der Waals surface area contributed by atoms with Gasteiger partial charge in [0.15, 0.2) is 0 Å². The lowest BCUT2D eigenvalue weighted by Crippen LogP contribution is -2.34. The largest absolute Gasteiger partial charge is 0.497 e. The maximum atomic E-state index is 12.4. The van der Waals surface area contributed by atoms with Crippen LogP contribution in [0, 0.1) is 0 Å². The topological polar surface area (TPSA) is 67.4 Å². The van der Waals surface area contributed by atoms with E-state index in [0.29, 0.717) is 17.9 Å². The molecule has 25 heavy (non-hydrogen) atoms. The van der Waals surface area contributed by atoms with Gasteiger partial charge >= 0.3 is 0 Å². The van der Waals surface area contributed by atoms with Crippen LogP contribution in [0.3, 0.4) is 0 Å². The number of hydrogen-bond donors (Lipinski definition) is 2. The van der Waals surface area contributed by atoms with Crippen molar-refractivity contribution >= 4 is 17.9 Å². The molecule has 0 bridgehead atoms. The molecule has 2 amide bonds. The molecule has 0 fully saturated rings. The van der Waals surface area contributed by atoms with E-state index in [9.17, 15) is 9.59 Å². The van der Waals surface area contributed by atoms with E-state index >= 15 is 0 Å². The summed E-state index contributed by atoms with van der Waals surface area (Å²) in [5.74, 6) is -0.107. The van der Waals surface area contributed by atoms with Crippen molar-refractivity contribution < 1.29 is 14.3 Å². The summed E-state index contributed by atoms with van der Waals surface area (Å²) >= 11 is 0. The Labute approximate surface area is 147 Å². The highest BCUT2D eigenvalue weighted by Crippen LogP contribution is 2.12. The fourth-order valence-electron chi connectivity index (χ4n) is 2.07. The Balaban J connectivity index is 2.22. The average molecular weight is 336 g/mol. The molecule has 0 saturated carbocycles. The van der Waals surface area contributed by atoms with E-state index in [0.717, 1.165) is 5.56 Å². The third-order valence-electron chi connectivity index (χ3n) is 3.36. The normalized spacial score (nSPS) is 10.7. The van der Waals surface area contributed by atoms with E-state index in [1.54, 1.807) is 43.5 Å². The minimum Gasteiger partial charge on any atom is -0.497 e. The Morgan fingerprint density at radius 1 is 1.08 bits per heavy atom. The highest BCUT2D eigenvalue weighted by molar-refractivity contribution is 6.05. The summed E-state index contributed by atoms with van der Waals surface area (Å²) in [7, 11) is 1.56. The quantitative estimate of drug-likeness (QED) is 0.603. The van der Waals surface area contributed by atoms with Gasteiger partial charge in [0.25, 0.3) is 11.8 Å². The van der Waals surface area contributed by atoms with Crippen LogP contribution < -0.4 is 15.4 Å². The lowest BCUT2D eigenvalue weighted by atomic mass is 10.1. The number of benzene rings is 2. The number of methoxy groups -OCH3 is 1. The summed E-state index contributed by atoms with van der Waals surface area (Å²) < 4.78 is 5.07. The smallest absolute Gasteiger partial charge is 0.268 e. The van der Waals surface area contributed by atoms with Crippen LogP contribution in [0.4, 0.5) is 0 Å². The molecule has 2 rings (SSSR count). The average Bonchev–Trinajstić information content (AvgIpc) is 2.66. The zero-order valence-corrected chi connectivity index (χ0v) is 14.0. The molecule has 2 aromatic carbocycles. The molecular formula is C20H20N2O3. The summed E-state index contributed by atoms with van der Waals surface area (Å²) in [4.78, 5) is 24.7. The molecule has 2 N–H and O–H groups in total. The Morgan fingerprint density at radius 3 is 2.36 bits per heavy atom. The van der Waals surface area contributed by atoms with E-state index in [4.69, 9.17) is 4.74 Å². The van der Waals surface area contributed by atoms with Crippen molar-refractivity contribution in [2.45, 2.75) is 0 Å². The Hall–Kier alpha value is -3.34. The van der Waals surface area contributed by atoms with Crippen molar-refractivity contribution in [2.24, 2.45) is 0 Å². The van der Waals surface area contributed by atoms with Gasteiger partial charge in [0.2, 0.25) is 0 Å². The number of rotatable bonds is 7. The van der Waals surface area contributed by atoms with Gasteiger partial charge in [-0.25, -0.2) is 0 Å². The number of carbonyl (C=O) groups excluding carboxylic acids is 2. The number of carbonyl (C=O) groups is 2. The van der Waals surface area contributed by atoms with E-state index in [2.05, 4.69) is 17.2 Å². The first-order valence-corrected chi connectivity index (χ1v) is 7.75. The first-order chi connectivity index (χ1) is 12.1. The molecule has 0 aliphatic carbocycles. The lowest BCUT2D eigenvalue weighted by molar-refractivity contribution is -0.117. The van der Waals surface area contributed by atoms with E-state index in [1.807, 2.05) is 30.3 Å². The zero-order chi connectivity index (χ0) is 18.1. The van der Waals surface area contributed by atoms with Gasteiger partial charge in [-0.1, -0.05) is 36.4 Å².